The summed E-state index contributed by atoms with van der Waals surface area (Å²) in [6.45, 7) is 5.38. The lowest BCUT2D eigenvalue weighted by molar-refractivity contribution is 0.301. The minimum atomic E-state index is 0.377. The second-order valence-corrected chi connectivity index (χ2v) is 7.96. The maximum atomic E-state index is 5.82. The number of methoxy groups -OCH3 is 1. The lowest BCUT2D eigenvalue weighted by Crippen LogP contribution is -2.06. The van der Waals surface area contributed by atoms with Crippen LogP contribution in [0, 0.1) is 0 Å². The van der Waals surface area contributed by atoms with Crippen molar-refractivity contribution in [1.29, 1.82) is 0 Å². The first kappa shape index (κ1) is 22.3. The molecule has 6 heteroatoms. The first-order chi connectivity index (χ1) is 16.1. The number of nitrogens with one attached hydrogen (secondary N) is 1. The summed E-state index contributed by atoms with van der Waals surface area (Å²) in [5.74, 6) is 3.13. The molecular weight excluding hydrogens is 412 g/mol. The van der Waals surface area contributed by atoms with E-state index in [0.29, 0.717) is 36.5 Å². The number of benzene rings is 2. The Morgan fingerprint density at radius 1 is 0.909 bits per heavy atom. The molecule has 1 N–H and O–H groups in total. The van der Waals surface area contributed by atoms with Crippen molar-refractivity contribution in [2.24, 2.45) is 0 Å². The predicted molar refractivity (Wildman–Crippen MR) is 130 cm³/mol. The number of rotatable bonds is 9. The van der Waals surface area contributed by atoms with E-state index in [0.717, 1.165) is 22.6 Å². The molecule has 2 heterocycles. The van der Waals surface area contributed by atoms with Crippen molar-refractivity contribution in [3.05, 3.63) is 95.9 Å². The highest BCUT2D eigenvalue weighted by Gasteiger charge is 2.14. The molecule has 0 radical (unpaired) electrons. The van der Waals surface area contributed by atoms with Crippen LogP contribution in [0.25, 0.3) is 11.4 Å². The van der Waals surface area contributed by atoms with Gasteiger partial charge in [-0.3, -0.25) is 4.98 Å². The van der Waals surface area contributed by atoms with Crippen LogP contribution in [0.5, 0.6) is 11.5 Å². The molecule has 0 saturated heterocycles. The molecule has 0 bridgehead atoms. The molecule has 0 saturated carbocycles. The molecule has 0 amide bonds. The van der Waals surface area contributed by atoms with Crippen LogP contribution >= 0.6 is 0 Å². The molecule has 0 fully saturated rings. The predicted octanol–water partition coefficient (Wildman–Crippen LogP) is 5.86. The van der Waals surface area contributed by atoms with Crippen LogP contribution < -0.4 is 14.8 Å². The summed E-state index contributed by atoms with van der Waals surface area (Å²) in [7, 11) is 1.62. The maximum Gasteiger partial charge on any atom is 0.179 e. The molecule has 0 spiro atoms. The number of hydrogen-bond donors (Lipinski definition) is 1. The smallest absolute Gasteiger partial charge is 0.179 e. The van der Waals surface area contributed by atoms with Crippen LogP contribution in [0.1, 0.15) is 36.6 Å². The number of pyridine rings is 1. The van der Waals surface area contributed by atoms with E-state index in [2.05, 4.69) is 41.3 Å². The molecule has 0 aliphatic carbocycles. The summed E-state index contributed by atoms with van der Waals surface area (Å²) in [6, 6.07) is 22.0. The largest absolute Gasteiger partial charge is 0.491 e. The van der Waals surface area contributed by atoms with Crippen LogP contribution in [-0.2, 0) is 13.2 Å². The number of hydrogen-bond acceptors (Lipinski definition) is 6. The maximum absolute atomic E-state index is 5.82. The van der Waals surface area contributed by atoms with E-state index in [1.807, 2.05) is 54.6 Å². The second kappa shape index (κ2) is 10.6. The Kier molecular flexibility index (Phi) is 7.15. The third-order valence-electron chi connectivity index (χ3n) is 5.29. The van der Waals surface area contributed by atoms with Gasteiger partial charge in [-0.15, -0.1) is 0 Å². The van der Waals surface area contributed by atoms with Gasteiger partial charge in [0.2, 0.25) is 0 Å². The van der Waals surface area contributed by atoms with E-state index in [9.17, 15) is 0 Å². The van der Waals surface area contributed by atoms with Gasteiger partial charge in [-0.25, -0.2) is 9.97 Å². The number of aromatic nitrogens is 3. The van der Waals surface area contributed by atoms with Gasteiger partial charge in [0, 0.05) is 18.3 Å². The zero-order valence-electron chi connectivity index (χ0n) is 19.2. The monoisotopic (exact) mass is 440 g/mol. The van der Waals surface area contributed by atoms with E-state index in [4.69, 9.17) is 14.5 Å². The average Bonchev–Trinajstić information content (AvgIpc) is 2.87. The summed E-state index contributed by atoms with van der Waals surface area (Å²) >= 11 is 0. The third-order valence-corrected chi connectivity index (χ3v) is 5.29. The summed E-state index contributed by atoms with van der Waals surface area (Å²) in [6.07, 6.45) is 3.48. The van der Waals surface area contributed by atoms with Crippen molar-refractivity contribution in [2.75, 3.05) is 12.4 Å². The van der Waals surface area contributed by atoms with Gasteiger partial charge < -0.3 is 14.8 Å². The van der Waals surface area contributed by atoms with Crippen molar-refractivity contribution >= 4 is 5.82 Å². The molecular formula is C27H28N4O2. The SMILES string of the molecule is COc1cnc(-c2ccccc2C(C)C)nc1NCc1ccc(OCc2ccccn2)cc1. The van der Waals surface area contributed by atoms with Gasteiger partial charge in [-0.2, -0.15) is 0 Å². The highest BCUT2D eigenvalue weighted by molar-refractivity contribution is 5.64. The average molecular weight is 441 g/mol. The molecule has 0 atom stereocenters. The fraction of sp³-hybridized carbons (Fsp3) is 0.222. The van der Waals surface area contributed by atoms with Crippen LogP contribution in [0.3, 0.4) is 0 Å². The van der Waals surface area contributed by atoms with Crippen LogP contribution in [-0.4, -0.2) is 22.1 Å². The highest BCUT2D eigenvalue weighted by atomic mass is 16.5. The Morgan fingerprint density at radius 2 is 1.70 bits per heavy atom. The molecule has 0 aliphatic heterocycles. The molecule has 168 valence electrons. The molecule has 0 unspecified atom stereocenters. The van der Waals surface area contributed by atoms with Gasteiger partial charge in [0.1, 0.15) is 12.4 Å². The fourth-order valence-electron chi connectivity index (χ4n) is 3.51. The molecule has 2 aromatic carbocycles. The molecule has 33 heavy (non-hydrogen) atoms. The van der Waals surface area contributed by atoms with Crippen LogP contribution in [0.2, 0.25) is 0 Å². The van der Waals surface area contributed by atoms with Gasteiger partial charge in [-0.05, 0) is 41.3 Å². The van der Waals surface area contributed by atoms with Gasteiger partial charge in [0.15, 0.2) is 17.4 Å². The zero-order chi connectivity index (χ0) is 23.0. The molecule has 6 nitrogen and oxygen atoms in total. The molecule has 0 aliphatic rings. The van der Waals surface area contributed by atoms with Crippen LogP contribution in [0.15, 0.2) is 79.1 Å². The quantitative estimate of drug-likeness (QED) is 0.351. The highest BCUT2D eigenvalue weighted by Crippen LogP contribution is 2.30. The second-order valence-electron chi connectivity index (χ2n) is 7.96. The van der Waals surface area contributed by atoms with Gasteiger partial charge in [0.25, 0.3) is 0 Å². The minimum Gasteiger partial charge on any atom is -0.491 e. The zero-order valence-corrected chi connectivity index (χ0v) is 19.2. The number of nitrogens with zero attached hydrogens (tertiary/aromatic N) is 3. The Bertz CT molecular complexity index is 1180. The molecule has 4 aromatic rings. The summed E-state index contributed by atoms with van der Waals surface area (Å²) < 4.78 is 11.3. The van der Waals surface area contributed by atoms with Gasteiger partial charge >= 0.3 is 0 Å². The Labute approximate surface area is 194 Å². The van der Waals surface area contributed by atoms with Crippen molar-refractivity contribution in [3.63, 3.8) is 0 Å². The van der Waals surface area contributed by atoms with E-state index in [-0.39, 0.29) is 0 Å². The fourth-order valence-corrected chi connectivity index (χ4v) is 3.51. The lowest BCUT2D eigenvalue weighted by atomic mass is 9.97. The van der Waals surface area contributed by atoms with Gasteiger partial charge in [0.05, 0.1) is 19.0 Å². The Morgan fingerprint density at radius 3 is 2.42 bits per heavy atom. The van der Waals surface area contributed by atoms with Crippen molar-refractivity contribution in [3.8, 4) is 22.9 Å². The van der Waals surface area contributed by atoms with Crippen LogP contribution in [0.4, 0.5) is 5.82 Å². The summed E-state index contributed by atoms with van der Waals surface area (Å²) in [5.41, 5.74) is 4.25. The first-order valence-electron chi connectivity index (χ1n) is 11.0. The molecule has 4 rings (SSSR count). The minimum absolute atomic E-state index is 0.377. The third kappa shape index (κ3) is 5.66. The Balaban J connectivity index is 1.45. The Hall–Kier alpha value is -3.93. The van der Waals surface area contributed by atoms with E-state index >= 15 is 0 Å². The van der Waals surface area contributed by atoms with E-state index in [1.165, 1.54) is 5.56 Å². The standard InChI is InChI=1S/C27H28N4O2/c1-19(2)23-9-4-5-10-24(23)26-30-17-25(32-3)27(31-26)29-16-20-11-13-22(14-12-20)33-18-21-8-6-7-15-28-21/h4-15,17,19H,16,18H2,1-3H3,(H,29,30,31). The number of ether oxygens (including phenoxy) is 2. The van der Waals surface area contributed by atoms with E-state index in [1.54, 1.807) is 19.5 Å². The van der Waals surface area contributed by atoms with Gasteiger partial charge in [-0.1, -0.05) is 56.3 Å². The van der Waals surface area contributed by atoms with E-state index < -0.39 is 0 Å². The number of anilines is 1. The van der Waals surface area contributed by atoms with Crippen molar-refractivity contribution < 1.29 is 9.47 Å². The topological polar surface area (TPSA) is 69.2 Å². The lowest BCUT2D eigenvalue weighted by Gasteiger charge is -2.15. The normalized spacial score (nSPS) is 10.8. The summed E-state index contributed by atoms with van der Waals surface area (Å²) in [5, 5.41) is 3.39. The van der Waals surface area contributed by atoms with Crippen molar-refractivity contribution in [2.45, 2.75) is 32.9 Å². The first-order valence-corrected chi connectivity index (χ1v) is 11.0. The summed E-state index contributed by atoms with van der Waals surface area (Å²) in [4.78, 5) is 13.6. The molecule has 2 aromatic heterocycles. The van der Waals surface area contributed by atoms with Crippen molar-refractivity contribution in [1.82, 2.24) is 15.0 Å².